The molecule has 0 saturated carbocycles. The van der Waals surface area contributed by atoms with Crippen molar-refractivity contribution >= 4 is 43.1 Å². The third-order valence-corrected chi connectivity index (χ3v) is 4.44. The van der Waals surface area contributed by atoms with Crippen LogP contribution in [0.4, 0.5) is 0 Å². The van der Waals surface area contributed by atoms with Crippen molar-refractivity contribution in [3.8, 4) is 23.6 Å². The Morgan fingerprint density at radius 1 is 0.591 bits per heavy atom. The Morgan fingerprint density at radius 2 is 0.864 bits per heavy atom. The van der Waals surface area contributed by atoms with Crippen molar-refractivity contribution < 1.29 is 10.2 Å². The van der Waals surface area contributed by atoms with Crippen LogP contribution >= 0.6 is 0 Å². The predicted molar refractivity (Wildman–Crippen MR) is 82.8 cm³/mol. The minimum Gasteiger partial charge on any atom is -0.507 e. The number of hydrogen-bond donors (Lipinski definition) is 2. The van der Waals surface area contributed by atoms with E-state index in [9.17, 15) is 10.2 Å². The topological polar surface area (TPSA) is 88.0 Å². The molecule has 0 aliphatic heterocycles. The molecule has 0 bridgehead atoms. The van der Waals surface area contributed by atoms with Gasteiger partial charge in [-0.25, -0.2) is 0 Å². The van der Waals surface area contributed by atoms with Crippen molar-refractivity contribution in [3.05, 3.63) is 35.4 Å². The Morgan fingerprint density at radius 3 is 1.09 bits per heavy atom. The van der Waals surface area contributed by atoms with Crippen molar-refractivity contribution in [1.82, 2.24) is 0 Å². The molecule has 5 rings (SSSR count). The SMILES string of the molecule is N#Cc1cc2c(c1)c1c(O)c1c1cc(C#N)cc1c1c(O)c21. The lowest BCUT2D eigenvalue weighted by Gasteiger charge is -1.83. The third-order valence-electron chi connectivity index (χ3n) is 4.44. The van der Waals surface area contributed by atoms with E-state index in [0.717, 1.165) is 21.5 Å². The van der Waals surface area contributed by atoms with Crippen LogP contribution < -0.4 is 0 Å². The van der Waals surface area contributed by atoms with E-state index in [2.05, 4.69) is 12.1 Å². The molecular formula is C18H6N2O2. The second-order valence-corrected chi connectivity index (χ2v) is 5.56. The predicted octanol–water partition coefficient (Wildman–Crippen LogP) is 3.77. The molecular weight excluding hydrogens is 276 g/mol. The fraction of sp³-hybridized carbons (Fsp3) is 0. The summed E-state index contributed by atoms with van der Waals surface area (Å²) < 4.78 is 0. The first kappa shape index (κ1) is 11.2. The van der Waals surface area contributed by atoms with Gasteiger partial charge >= 0.3 is 0 Å². The third kappa shape index (κ3) is 1.08. The van der Waals surface area contributed by atoms with Crippen LogP contribution in [0.15, 0.2) is 24.3 Å². The van der Waals surface area contributed by atoms with Crippen molar-refractivity contribution in [2.45, 2.75) is 0 Å². The van der Waals surface area contributed by atoms with E-state index in [1.54, 1.807) is 24.3 Å². The van der Waals surface area contributed by atoms with Gasteiger partial charge in [0.25, 0.3) is 0 Å². The Kier molecular flexibility index (Phi) is 1.64. The lowest BCUT2D eigenvalue weighted by Crippen LogP contribution is -1.56. The van der Waals surface area contributed by atoms with Crippen LogP contribution in [0.5, 0.6) is 11.5 Å². The second kappa shape index (κ2) is 3.21. The molecule has 4 heteroatoms. The van der Waals surface area contributed by atoms with Gasteiger partial charge < -0.3 is 10.2 Å². The highest BCUT2D eigenvalue weighted by Crippen LogP contribution is 2.56. The zero-order chi connectivity index (χ0) is 15.2. The molecule has 0 unspecified atom stereocenters. The zero-order valence-electron chi connectivity index (χ0n) is 11.1. The summed E-state index contributed by atoms with van der Waals surface area (Å²) in [5.41, 5.74) is 1.00. The first-order valence-electron chi connectivity index (χ1n) is 6.70. The lowest BCUT2D eigenvalue weighted by atomic mass is 10.2. The maximum Gasteiger partial charge on any atom is 0.132 e. The van der Waals surface area contributed by atoms with Crippen molar-refractivity contribution in [2.75, 3.05) is 0 Å². The fourth-order valence-electron chi connectivity index (χ4n) is 3.38. The van der Waals surface area contributed by atoms with E-state index < -0.39 is 0 Å². The average molecular weight is 282 g/mol. The molecule has 4 nitrogen and oxygen atoms in total. The molecule has 0 atom stereocenters. The van der Waals surface area contributed by atoms with Gasteiger partial charge in [0, 0.05) is 21.5 Å². The monoisotopic (exact) mass is 282 g/mol. The molecule has 5 aromatic carbocycles. The molecule has 0 heterocycles. The van der Waals surface area contributed by atoms with Crippen LogP contribution in [0.1, 0.15) is 11.1 Å². The molecule has 0 amide bonds. The van der Waals surface area contributed by atoms with E-state index in [-0.39, 0.29) is 11.5 Å². The largest absolute Gasteiger partial charge is 0.507 e. The number of nitrogens with zero attached hydrogens (tertiary/aromatic N) is 2. The highest BCUT2D eigenvalue weighted by atomic mass is 16.3. The smallest absolute Gasteiger partial charge is 0.132 e. The maximum absolute atomic E-state index is 10.2. The first-order chi connectivity index (χ1) is 10.7. The molecule has 0 spiro atoms. The van der Waals surface area contributed by atoms with Gasteiger partial charge in [-0.15, -0.1) is 0 Å². The van der Waals surface area contributed by atoms with Gasteiger partial charge in [0.1, 0.15) is 11.5 Å². The molecule has 0 aliphatic carbocycles. The number of hydrogen-bond acceptors (Lipinski definition) is 4. The highest BCUT2D eigenvalue weighted by molar-refractivity contribution is 6.42. The van der Waals surface area contributed by atoms with Gasteiger partial charge in [0.15, 0.2) is 0 Å². The van der Waals surface area contributed by atoms with E-state index in [1.807, 2.05) is 0 Å². The number of rotatable bonds is 0. The zero-order valence-corrected chi connectivity index (χ0v) is 11.1. The van der Waals surface area contributed by atoms with Crippen molar-refractivity contribution in [1.29, 1.82) is 10.5 Å². The maximum atomic E-state index is 10.2. The number of aromatic hydroxyl groups is 2. The van der Waals surface area contributed by atoms with Crippen LogP contribution in [0.25, 0.3) is 43.1 Å². The van der Waals surface area contributed by atoms with E-state index >= 15 is 0 Å². The van der Waals surface area contributed by atoms with Gasteiger partial charge in [0.2, 0.25) is 0 Å². The number of fused-ring (bicyclic) bond motifs is 8. The van der Waals surface area contributed by atoms with E-state index in [4.69, 9.17) is 10.5 Å². The van der Waals surface area contributed by atoms with Gasteiger partial charge in [-0.2, -0.15) is 10.5 Å². The van der Waals surface area contributed by atoms with Crippen LogP contribution in [0.2, 0.25) is 0 Å². The minimum absolute atomic E-state index is 0.203. The summed E-state index contributed by atoms with van der Waals surface area (Å²) in [7, 11) is 0. The van der Waals surface area contributed by atoms with Crippen molar-refractivity contribution in [2.24, 2.45) is 0 Å². The molecule has 22 heavy (non-hydrogen) atoms. The average Bonchev–Trinajstić information content (AvgIpc) is 3.20. The normalized spacial score (nSPS) is 11.9. The molecule has 0 saturated heterocycles. The summed E-state index contributed by atoms with van der Waals surface area (Å²) in [6, 6.07) is 11.1. The van der Waals surface area contributed by atoms with Crippen LogP contribution in [0.3, 0.4) is 0 Å². The van der Waals surface area contributed by atoms with Crippen LogP contribution in [-0.4, -0.2) is 10.2 Å². The summed E-state index contributed by atoms with van der Waals surface area (Å²) in [5.74, 6) is 0.407. The van der Waals surface area contributed by atoms with Crippen LogP contribution in [0, 0.1) is 22.7 Å². The second-order valence-electron chi connectivity index (χ2n) is 5.56. The van der Waals surface area contributed by atoms with E-state index in [0.29, 0.717) is 32.7 Å². The lowest BCUT2D eigenvalue weighted by molar-refractivity contribution is 0.496. The highest BCUT2D eigenvalue weighted by Gasteiger charge is 2.28. The molecule has 100 valence electrons. The first-order valence-corrected chi connectivity index (χ1v) is 6.70. The molecule has 2 N–H and O–H groups in total. The van der Waals surface area contributed by atoms with E-state index in [1.165, 1.54) is 0 Å². The fourth-order valence-corrected chi connectivity index (χ4v) is 3.38. The van der Waals surface area contributed by atoms with Crippen LogP contribution in [-0.2, 0) is 0 Å². The Bertz CT molecular complexity index is 1120. The summed E-state index contributed by atoms with van der Waals surface area (Å²) in [6.07, 6.45) is 0. The summed E-state index contributed by atoms with van der Waals surface area (Å²) >= 11 is 0. The summed E-state index contributed by atoms with van der Waals surface area (Å²) in [6.45, 7) is 0. The Balaban J connectivity index is 2.14. The van der Waals surface area contributed by atoms with Gasteiger partial charge in [-0.3, -0.25) is 0 Å². The summed E-state index contributed by atoms with van der Waals surface area (Å²) in [4.78, 5) is 0. The standard InChI is InChI=1S/C18H6N2O2/c19-5-7-1-9-10(2-7)14-16(18(14)22)12-4-8(6-20)3-11(12)15-13(9)17(15)21/h1-4,21-22H. The molecule has 0 fully saturated rings. The van der Waals surface area contributed by atoms with Crippen molar-refractivity contribution in [3.63, 3.8) is 0 Å². The molecule has 0 radical (unpaired) electrons. The van der Waals surface area contributed by atoms with Gasteiger partial charge in [-0.1, -0.05) is 0 Å². The molecule has 0 aromatic heterocycles. The molecule has 5 aromatic rings. The minimum atomic E-state index is 0.203. The number of nitriles is 2. The summed E-state index contributed by atoms with van der Waals surface area (Å²) in [5, 5.41) is 44.5. The Labute approximate surface area is 123 Å². The van der Waals surface area contributed by atoms with Gasteiger partial charge in [-0.05, 0) is 45.8 Å². The quantitative estimate of drug-likeness (QED) is 0.452. The molecule has 0 aliphatic rings. The van der Waals surface area contributed by atoms with Gasteiger partial charge in [0.05, 0.1) is 23.3 Å². The Hall–Kier alpha value is -3.50.